The number of rotatable bonds is 13. The summed E-state index contributed by atoms with van der Waals surface area (Å²) in [4.78, 5) is 7.12. The number of hydrogen-bond donors (Lipinski definition) is 1. The van der Waals surface area contributed by atoms with Gasteiger partial charge in [-0.1, -0.05) is 0 Å². The van der Waals surface area contributed by atoms with Crippen molar-refractivity contribution in [3.05, 3.63) is 18.2 Å². The minimum atomic E-state index is 0.337. The molecule has 176 valence electrons. The summed E-state index contributed by atoms with van der Waals surface area (Å²) in [5, 5.41) is 3.41. The fourth-order valence-corrected chi connectivity index (χ4v) is 3.42. The molecule has 0 atom stereocenters. The first-order valence-corrected chi connectivity index (χ1v) is 11.2. The highest BCUT2D eigenvalue weighted by molar-refractivity contribution is 5.80. The number of hydrogen-bond acceptors (Lipinski definition) is 6. The number of nitrogens with one attached hydrogen (secondary N) is 1. The number of aliphatic imine (C=N–C) groups is 1. The molecule has 0 radical (unpaired) electrons. The van der Waals surface area contributed by atoms with E-state index in [1.807, 2.05) is 18.2 Å². The van der Waals surface area contributed by atoms with E-state index in [0.29, 0.717) is 30.8 Å². The van der Waals surface area contributed by atoms with E-state index in [1.165, 1.54) is 0 Å². The Kier molecular flexibility index (Phi) is 11.9. The van der Waals surface area contributed by atoms with Gasteiger partial charge in [-0.15, -0.1) is 0 Å². The largest absolute Gasteiger partial charge is 0.496 e. The van der Waals surface area contributed by atoms with Crippen molar-refractivity contribution < 1.29 is 23.7 Å². The maximum absolute atomic E-state index is 5.96. The van der Waals surface area contributed by atoms with Crippen LogP contribution in [0.25, 0.3) is 0 Å². The van der Waals surface area contributed by atoms with Gasteiger partial charge in [-0.2, -0.15) is 0 Å². The maximum Gasteiger partial charge on any atom is 0.193 e. The van der Waals surface area contributed by atoms with Crippen molar-refractivity contribution in [1.29, 1.82) is 0 Å². The summed E-state index contributed by atoms with van der Waals surface area (Å²) in [7, 11) is 4.99. The van der Waals surface area contributed by atoms with Crippen LogP contribution >= 0.6 is 0 Å². The van der Waals surface area contributed by atoms with Crippen LogP contribution in [-0.2, 0) is 9.47 Å². The van der Waals surface area contributed by atoms with E-state index in [0.717, 1.165) is 70.2 Å². The van der Waals surface area contributed by atoms with Crippen molar-refractivity contribution in [2.24, 2.45) is 4.99 Å². The second-order valence-electron chi connectivity index (χ2n) is 7.39. The minimum Gasteiger partial charge on any atom is -0.496 e. The summed E-state index contributed by atoms with van der Waals surface area (Å²) in [5.74, 6) is 3.14. The predicted octanol–water partition coefficient (Wildman–Crippen LogP) is 2.96. The molecule has 0 bridgehead atoms. The van der Waals surface area contributed by atoms with Crippen molar-refractivity contribution in [1.82, 2.24) is 10.2 Å². The van der Waals surface area contributed by atoms with Gasteiger partial charge in [-0.3, -0.25) is 4.99 Å². The van der Waals surface area contributed by atoms with Crippen LogP contribution in [0.1, 0.15) is 32.6 Å². The standard InChI is InChI=1S/C23H39N3O5/c1-5-24-23(26-11-8-19(9-12-26)30-15-7-13-27-2)25-10-6-14-31-22-17-20(28-3)16-21(18-22)29-4/h16-19H,5-15H2,1-4H3,(H,24,25). The number of guanidine groups is 1. The van der Waals surface area contributed by atoms with E-state index in [1.54, 1.807) is 21.3 Å². The van der Waals surface area contributed by atoms with Crippen molar-refractivity contribution in [2.75, 3.05) is 67.3 Å². The van der Waals surface area contributed by atoms with E-state index in [-0.39, 0.29) is 0 Å². The second kappa shape index (κ2) is 14.8. The summed E-state index contributed by atoms with van der Waals surface area (Å²) >= 11 is 0. The Morgan fingerprint density at radius 2 is 1.65 bits per heavy atom. The van der Waals surface area contributed by atoms with Crippen LogP contribution in [0, 0.1) is 0 Å². The Hall–Kier alpha value is -2.19. The van der Waals surface area contributed by atoms with Crippen molar-refractivity contribution in [3.63, 3.8) is 0 Å². The van der Waals surface area contributed by atoms with Crippen molar-refractivity contribution in [3.8, 4) is 17.2 Å². The molecular formula is C23H39N3O5. The number of likely N-dealkylation sites (tertiary alicyclic amines) is 1. The topological polar surface area (TPSA) is 73.8 Å². The number of ether oxygens (including phenoxy) is 5. The molecular weight excluding hydrogens is 398 g/mol. The molecule has 8 nitrogen and oxygen atoms in total. The predicted molar refractivity (Wildman–Crippen MR) is 123 cm³/mol. The Bertz CT molecular complexity index is 626. The van der Waals surface area contributed by atoms with E-state index in [4.69, 9.17) is 28.7 Å². The van der Waals surface area contributed by atoms with Crippen LogP contribution in [0.5, 0.6) is 17.2 Å². The number of benzene rings is 1. The Morgan fingerprint density at radius 1 is 0.968 bits per heavy atom. The maximum atomic E-state index is 5.96. The van der Waals surface area contributed by atoms with Gasteiger partial charge in [0, 0.05) is 71.1 Å². The van der Waals surface area contributed by atoms with Gasteiger partial charge in [0.15, 0.2) is 5.96 Å². The lowest BCUT2D eigenvalue weighted by Gasteiger charge is -2.34. The molecule has 0 spiro atoms. The van der Waals surface area contributed by atoms with Crippen LogP contribution < -0.4 is 19.5 Å². The molecule has 0 unspecified atom stereocenters. The molecule has 1 fully saturated rings. The fraction of sp³-hybridized carbons (Fsp3) is 0.696. The van der Waals surface area contributed by atoms with Gasteiger partial charge < -0.3 is 33.9 Å². The summed E-state index contributed by atoms with van der Waals surface area (Å²) < 4.78 is 27.5. The van der Waals surface area contributed by atoms with E-state index < -0.39 is 0 Å². The highest BCUT2D eigenvalue weighted by Gasteiger charge is 2.21. The molecule has 1 N–H and O–H groups in total. The molecule has 1 aromatic rings. The monoisotopic (exact) mass is 437 g/mol. The first kappa shape index (κ1) is 25.1. The first-order valence-electron chi connectivity index (χ1n) is 11.2. The molecule has 0 aromatic heterocycles. The average molecular weight is 438 g/mol. The quantitative estimate of drug-likeness (QED) is 0.289. The molecule has 8 heteroatoms. The molecule has 1 aliphatic heterocycles. The third-order valence-electron chi connectivity index (χ3n) is 5.08. The lowest BCUT2D eigenvalue weighted by molar-refractivity contribution is 0.00990. The fourth-order valence-electron chi connectivity index (χ4n) is 3.42. The van der Waals surface area contributed by atoms with Crippen molar-refractivity contribution >= 4 is 5.96 Å². The third-order valence-corrected chi connectivity index (χ3v) is 5.08. The Morgan fingerprint density at radius 3 is 2.26 bits per heavy atom. The summed E-state index contributed by atoms with van der Waals surface area (Å²) in [6.07, 6.45) is 4.17. The van der Waals surface area contributed by atoms with Gasteiger partial charge in [-0.25, -0.2) is 0 Å². The van der Waals surface area contributed by atoms with Gasteiger partial charge in [0.05, 0.1) is 26.9 Å². The Labute approximate surface area is 186 Å². The van der Waals surface area contributed by atoms with Crippen LogP contribution in [0.3, 0.4) is 0 Å². The van der Waals surface area contributed by atoms with E-state index >= 15 is 0 Å². The molecule has 2 rings (SSSR count). The van der Waals surface area contributed by atoms with Gasteiger partial charge in [-0.05, 0) is 26.2 Å². The smallest absolute Gasteiger partial charge is 0.193 e. The average Bonchev–Trinajstić information content (AvgIpc) is 2.81. The van der Waals surface area contributed by atoms with Crippen LogP contribution in [0.4, 0.5) is 0 Å². The number of nitrogens with zero attached hydrogens (tertiary/aromatic N) is 2. The van der Waals surface area contributed by atoms with Gasteiger partial charge in [0.2, 0.25) is 0 Å². The number of piperidine rings is 1. The van der Waals surface area contributed by atoms with Crippen molar-refractivity contribution in [2.45, 2.75) is 38.7 Å². The van der Waals surface area contributed by atoms with E-state index in [9.17, 15) is 0 Å². The van der Waals surface area contributed by atoms with Crippen LogP contribution in [0.2, 0.25) is 0 Å². The molecule has 0 aliphatic carbocycles. The highest BCUT2D eigenvalue weighted by Crippen LogP contribution is 2.27. The lowest BCUT2D eigenvalue weighted by Crippen LogP contribution is -2.47. The normalized spacial score (nSPS) is 15.1. The third kappa shape index (κ3) is 9.23. The molecule has 31 heavy (non-hydrogen) atoms. The summed E-state index contributed by atoms with van der Waals surface area (Å²) in [5.41, 5.74) is 0. The highest BCUT2D eigenvalue weighted by atomic mass is 16.5. The number of methoxy groups -OCH3 is 3. The van der Waals surface area contributed by atoms with Crippen LogP contribution in [0.15, 0.2) is 23.2 Å². The zero-order chi connectivity index (χ0) is 22.3. The summed E-state index contributed by atoms with van der Waals surface area (Å²) in [6, 6.07) is 5.54. The zero-order valence-corrected chi connectivity index (χ0v) is 19.5. The molecule has 1 saturated heterocycles. The molecule has 0 amide bonds. The Balaban J connectivity index is 1.74. The minimum absolute atomic E-state index is 0.337. The van der Waals surface area contributed by atoms with Gasteiger partial charge in [0.1, 0.15) is 17.2 Å². The molecule has 1 aliphatic rings. The zero-order valence-electron chi connectivity index (χ0n) is 19.5. The molecule has 1 aromatic carbocycles. The SMILES string of the molecule is CCNC(=NCCCOc1cc(OC)cc(OC)c1)N1CCC(OCCCOC)CC1. The van der Waals surface area contributed by atoms with E-state index in [2.05, 4.69) is 17.1 Å². The molecule has 0 saturated carbocycles. The van der Waals surface area contributed by atoms with Crippen LogP contribution in [-0.4, -0.2) is 84.3 Å². The lowest BCUT2D eigenvalue weighted by atomic mass is 10.1. The summed E-state index contributed by atoms with van der Waals surface area (Å²) in [6.45, 7) is 7.68. The molecule has 1 heterocycles. The van der Waals surface area contributed by atoms with Gasteiger partial charge >= 0.3 is 0 Å². The van der Waals surface area contributed by atoms with Gasteiger partial charge in [0.25, 0.3) is 0 Å². The second-order valence-corrected chi connectivity index (χ2v) is 7.39. The first-order chi connectivity index (χ1) is 15.2.